The lowest BCUT2D eigenvalue weighted by molar-refractivity contribution is -0.138. The maximum absolute atomic E-state index is 12.4. The van der Waals surface area contributed by atoms with Crippen LogP contribution in [0.15, 0.2) is 24.5 Å². The lowest BCUT2D eigenvalue weighted by Gasteiger charge is -2.39. The first-order valence-electron chi connectivity index (χ1n) is 7.70. The summed E-state index contributed by atoms with van der Waals surface area (Å²) in [5, 5.41) is 0. The zero-order valence-corrected chi connectivity index (χ0v) is 11.6. The third-order valence-electron chi connectivity index (χ3n) is 4.82. The van der Waals surface area contributed by atoms with Gasteiger partial charge in [0.15, 0.2) is 0 Å². The highest BCUT2D eigenvalue weighted by Gasteiger charge is 2.47. The number of pyridine rings is 1. The fourth-order valence-electron chi connectivity index (χ4n) is 3.73. The van der Waals surface area contributed by atoms with Crippen LogP contribution >= 0.6 is 0 Å². The lowest BCUT2D eigenvalue weighted by atomic mass is 9.99. The fourth-order valence-corrected chi connectivity index (χ4v) is 3.73. The molecule has 3 heterocycles. The molecule has 0 aromatic carbocycles. The maximum Gasteiger partial charge on any atom is 0.226 e. The predicted molar refractivity (Wildman–Crippen MR) is 74.3 cm³/mol. The second kappa shape index (κ2) is 4.76. The number of rotatable bonds is 3. The molecular weight excluding hydrogens is 252 g/mol. The van der Waals surface area contributed by atoms with Crippen molar-refractivity contribution in [1.29, 1.82) is 0 Å². The smallest absolute Gasteiger partial charge is 0.226 e. The molecular formula is C16H20N2O2. The second-order valence-electron chi connectivity index (χ2n) is 6.30. The van der Waals surface area contributed by atoms with Gasteiger partial charge in [0, 0.05) is 43.2 Å². The molecule has 1 amide bonds. The van der Waals surface area contributed by atoms with E-state index in [0.717, 1.165) is 44.3 Å². The summed E-state index contributed by atoms with van der Waals surface area (Å²) < 4.78 is 6.06. The lowest BCUT2D eigenvalue weighted by Crippen LogP contribution is -2.49. The molecule has 4 rings (SSSR count). The van der Waals surface area contributed by atoms with E-state index in [1.807, 2.05) is 12.1 Å². The van der Waals surface area contributed by atoms with Crippen molar-refractivity contribution in [3.8, 4) is 5.75 Å². The summed E-state index contributed by atoms with van der Waals surface area (Å²) in [4.78, 5) is 18.6. The summed E-state index contributed by atoms with van der Waals surface area (Å²) >= 11 is 0. The van der Waals surface area contributed by atoms with E-state index in [4.69, 9.17) is 4.74 Å². The molecule has 2 unspecified atom stereocenters. The molecule has 2 aliphatic heterocycles. The van der Waals surface area contributed by atoms with Gasteiger partial charge in [0.25, 0.3) is 0 Å². The second-order valence-corrected chi connectivity index (χ2v) is 6.30. The number of amides is 1. The Morgan fingerprint density at radius 1 is 1.10 bits per heavy atom. The molecule has 2 atom stereocenters. The number of aromatic nitrogens is 1. The highest BCUT2D eigenvalue weighted by molar-refractivity contribution is 5.82. The van der Waals surface area contributed by atoms with Crippen molar-refractivity contribution in [3.63, 3.8) is 0 Å². The number of nitrogens with zero attached hydrogens (tertiary/aromatic N) is 2. The van der Waals surface area contributed by atoms with Crippen LogP contribution in [0.4, 0.5) is 0 Å². The fraction of sp³-hybridized carbons (Fsp3) is 0.625. The van der Waals surface area contributed by atoms with Crippen LogP contribution in [0.1, 0.15) is 38.5 Å². The van der Waals surface area contributed by atoms with Crippen LogP contribution in [-0.2, 0) is 4.79 Å². The van der Waals surface area contributed by atoms with E-state index in [1.165, 1.54) is 0 Å². The van der Waals surface area contributed by atoms with E-state index in [2.05, 4.69) is 9.88 Å². The molecule has 2 bridgehead atoms. The van der Waals surface area contributed by atoms with Gasteiger partial charge in [0.1, 0.15) is 11.9 Å². The first kappa shape index (κ1) is 12.2. The van der Waals surface area contributed by atoms with Gasteiger partial charge in [0.05, 0.1) is 0 Å². The average molecular weight is 272 g/mol. The van der Waals surface area contributed by atoms with Crippen molar-refractivity contribution in [2.75, 3.05) is 0 Å². The molecule has 3 fully saturated rings. The third-order valence-corrected chi connectivity index (χ3v) is 4.82. The van der Waals surface area contributed by atoms with Crippen LogP contribution in [-0.4, -0.2) is 34.0 Å². The zero-order chi connectivity index (χ0) is 13.5. The third kappa shape index (κ3) is 2.17. The minimum atomic E-state index is 0.248. The van der Waals surface area contributed by atoms with E-state index < -0.39 is 0 Å². The van der Waals surface area contributed by atoms with Gasteiger partial charge < -0.3 is 9.64 Å². The number of carbonyl (C=O) groups excluding carboxylic acids is 1. The molecule has 2 saturated heterocycles. The first-order valence-corrected chi connectivity index (χ1v) is 7.70. The van der Waals surface area contributed by atoms with Gasteiger partial charge in [-0.15, -0.1) is 0 Å². The Morgan fingerprint density at radius 2 is 1.75 bits per heavy atom. The summed E-state index contributed by atoms with van der Waals surface area (Å²) in [5.74, 6) is 1.65. The van der Waals surface area contributed by atoms with Gasteiger partial charge in [-0.3, -0.25) is 9.78 Å². The average Bonchev–Trinajstić information content (AvgIpc) is 3.26. The number of carbonyl (C=O) groups is 1. The normalized spacial score (nSPS) is 32.2. The number of fused-ring (bicyclic) bond motifs is 2. The Kier molecular flexibility index (Phi) is 2.90. The van der Waals surface area contributed by atoms with Crippen LogP contribution in [0.3, 0.4) is 0 Å². The Hall–Kier alpha value is -1.58. The largest absolute Gasteiger partial charge is 0.490 e. The summed E-state index contributed by atoms with van der Waals surface area (Å²) in [7, 11) is 0. The van der Waals surface area contributed by atoms with Gasteiger partial charge >= 0.3 is 0 Å². The first-order chi connectivity index (χ1) is 9.81. The molecule has 0 N–H and O–H groups in total. The van der Waals surface area contributed by atoms with E-state index in [-0.39, 0.29) is 6.10 Å². The number of hydrogen-bond acceptors (Lipinski definition) is 3. The van der Waals surface area contributed by atoms with Gasteiger partial charge in [0.2, 0.25) is 5.91 Å². The minimum absolute atomic E-state index is 0.248. The standard InChI is InChI=1S/C16H20N2O2/c19-16(11-1-2-11)18-12-3-4-13(18)10-15(9-12)20-14-5-7-17-8-6-14/h5-8,11-13,15H,1-4,9-10H2. The van der Waals surface area contributed by atoms with Crippen LogP contribution in [0.25, 0.3) is 0 Å². The van der Waals surface area contributed by atoms with Crippen LogP contribution < -0.4 is 4.74 Å². The molecule has 1 saturated carbocycles. The summed E-state index contributed by atoms with van der Waals surface area (Å²) in [5.41, 5.74) is 0. The van der Waals surface area contributed by atoms with Gasteiger partial charge in [-0.05, 0) is 37.8 Å². The van der Waals surface area contributed by atoms with Crippen molar-refractivity contribution >= 4 is 5.91 Å². The molecule has 0 spiro atoms. The Morgan fingerprint density at radius 3 is 2.35 bits per heavy atom. The molecule has 1 aliphatic carbocycles. The topological polar surface area (TPSA) is 42.4 Å². The van der Waals surface area contributed by atoms with Crippen molar-refractivity contribution in [2.45, 2.75) is 56.7 Å². The molecule has 4 heteroatoms. The van der Waals surface area contributed by atoms with E-state index in [1.54, 1.807) is 12.4 Å². The van der Waals surface area contributed by atoms with E-state index in [0.29, 0.717) is 23.9 Å². The number of hydrogen-bond donors (Lipinski definition) is 0. The molecule has 0 radical (unpaired) electrons. The molecule has 1 aromatic rings. The van der Waals surface area contributed by atoms with Gasteiger partial charge in [-0.2, -0.15) is 0 Å². The van der Waals surface area contributed by atoms with Gasteiger partial charge in [-0.1, -0.05) is 0 Å². The quantitative estimate of drug-likeness (QED) is 0.848. The molecule has 20 heavy (non-hydrogen) atoms. The minimum Gasteiger partial charge on any atom is -0.490 e. The summed E-state index contributed by atoms with van der Waals surface area (Å²) in [6, 6.07) is 4.63. The van der Waals surface area contributed by atoms with Gasteiger partial charge in [-0.25, -0.2) is 0 Å². The molecule has 106 valence electrons. The van der Waals surface area contributed by atoms with Crippen LogP contribution in [0.5, 0.6) is 5.75 Å². The Labute approximate surface area is 119 Å². The Balaban J connectivity index is 1.43. The number of ether oxygens (including phenoxy) is 1. The molecule has 3 aliphatic rings. The van der Waals surface area contributed by atoms with Crippen molar-refractivity contribution < 1.29 is 9.53 Å². The highest BCUT2D eigenvalue weighted by Crippen LogP contribution is 2.41. The van der Waals surface area contributed by atoms with Crippen LogP contribution in [0.2, 0.25) is 0 Å². The zero-order valence-electron chi connectivity index (χ0n) is 11.6. The molecule has 4 nitrogen and oxygen atoms in total. The predicted octanol–water partition coefficient (Wildman–Crippen LogP) is 2.39. The van der Waals surface area contributed by atoms with Crippen molar-refractivity contribution in [3.05, 3.63) is 24.5 Å². The maximum atomic E-state index is 12.4. The van der Waals surface area contributed by atoms with Crippen molar-refractivity contribution in [2.24, 2.45) is 5.92 Å². The Bertz CT molecular complexity index is 486. The highest BCUT2D eigenvalue weighted by atomic mass is 16.5. The molecule has 1 aromatic heterocycles. The van der Waals surface area contributed by atoms with Crippen molar-refractivity contribution in [1.82, 2.24) is 9.88 Å². The van der Waals surface area contributed by atoms with E-state index >= 15 is 0 Å². The monoisotopic (exact) mass is 272 g/mol. The summed E-state index contributed by atoms with van der Waals surface area (Å²) in [6.07, 6.45) is 10.2. The van der Waals surface area contributed by atoms with E-state index in [9.17, 15) is 4.79 Å². The number of piperidine rings is 1. The summed E-state index contributed by atoms with van der Waals surface area (Å²) in [6.45, 7) is 0. The SMILES string of the molecule is O=C(C1CC1)N1C2CCC1CC(Oc1ccncc1)C2. The van der Waals surface area contributed by atoms with Crippen LogP contribution in [0, 0.1) is 5.92 Å².